The molecule has 0 unspecified atom stereocenters. The Morgan fingerprint density at radius 1 is 1.36 bits per heavy atom. The van der Waals surface area contributed by atoms with Crippen LogP contribution in [-0.4, -0.2) is 14.7 Å². The van der Waals surface area contributed by atoms with Crippen LogP contribution in [0.2, 0.25) is 0 Å². The minimum Gasteiger partial charge on any atom is -0.441 e. The number of carbonyl (C=O) groups is 1. The third kappa shape index (κ3) is 5.91. The molecule has 0 radical (unpaired) electrons. The van der Waals surface area contributed by atoms with Gasteiger partial charge in [-0.15, -0.1) is 12.6 Å². The molecule has 0 spiro atoms. The van der Waals surface area contributed by atoms with Gasteiger partial charge in [-0.2, -0.15) is 0 Å². The summed E-state index contributed by atoms with van der Waals surface area (Å²) in [6.45, 7) is 2.97. The molecule has 0 aromatic heterocycles. The molecule has 2 nitrogen and oxygen atoms in total. The van der Waals surface area contributed by atoms with E-state index in [-0.39, 0.29) is 0 Å². The Morgan fingerprint density at radius 2 is 1.73 bits per heavy atom. The lowest BCUT2D eigenvalue weighted by atomic mass is 10.5. The maximum absolute atomic E-state index is 10.8. The van der Waals surface area contributed by atoms with Crippen molar-refractivity contribution in [3.05, 3.63) is 0 Å². The van der Waals surface area contributed by atoms with E-state index < -0.39 is 14.7 Å². The summed E-state index contributed by atoms with van der Waals surface area (Å²) < 4.78 is 2.75. The molecule has 0 aromatic rings. The van der Waals surface area contributed by atoms with Crippen molar-refractivity contribution in [3.8, 4) is 0 Å². The summed E-state index contributed by atoms with van der Waals surface area (Å²) in [6.07, 6.45) is 0. The van der Waals surface area contributed by atoms with Gasteiger partial charge in [0.2, 0.25) is 0 Å². The van der Waals surface area contributed by atoms with Crippen molar-refractivity contribution in [2.24, 2.45) is 0 Å². The molecule has 0 N–H and O–H groups in total. The normalized spacial score (nSPS) is 12.9. The number of hydrogen-bond acceptors (Lipinski definition) is 3. The highest BCUT2D eigenvalue weighted by atomic mass is 35.5. The molecule has 0 bridgehead atoms. The fourth-order valence-electron chi connectivity index (χ4n) is 0.282. The number of hydrogen-bond donors (Lipinski definition) is 1. The lowest BCUT2D eigenvalue weighted by Crippen LogP contribution is -2.30. The highest BCUT2D eigenvalue weighted by Crippen LogP contribution is 2.29. The van der Waals surface area contributed by atoms with Crippen molar-refractivity contribution in [2.45, 2.75) is 22.6 Å². The molecule has 0 atom stereocenters. The molecule has 6 heteroatoms. The minimum absolute atomic E-state index is 0.885. The number of esters is 1. The third-order valence-electron chi connectivity index (χ3n) is 0.581. The van der Waals surface area contributed by atoms with Gasteiger partial charge in [0.25, 0.3) is 3.67 Å². The van der Waals surface area contributed by atoms with E-state index in [4.69, 9.17) is 34.8 Å². The summed E-state index contributed by atoms with van der Waals surface area (Å²) in [5, 5.41) is -1.12. The smallest absolute Gasteiger partial charge is 0.354 e. The summed E-state index contributed by atoms with van der Waals surface area (Å²) >= 11 is 19.7. The van der Waals surface area contributed by atoms with Crippen LogP contribution in [0.1, 0.15) is 13.8 Å². The van der Waals surface area contributed by atoms with Crippen molar-refractivity contribution >= 4 is 53.4 Å². The van der Waals surface area contributed by atoms with Gasteiger partial charge in [0.15, 0.2) is 5.06 Å². The van der Waals surface area contributed by atoms with Crippen molar-refractivity contribution in [3.63, 3.8) is 0 Å². The standard InChI is InChI=1S/C5H7Cl3O2S/c1-4(2,6)10-3(9)5(7,8)11/h11H,1-2H3. The van der Waals surface area contributed by atoms with E-state index in [0.29, 0.717) is 0 Å². The zero-order valence-corrected chi connectivity index (χ0v) is 9.06. The van der Waals surface area contributed by atoms with Gasteiger partial charge in [-0.1, -0.05) is 34.8 Å². The molecule has 0 heterocycles. The molecular weight excluding hydrogens is 230 g/mol. The average Bonchev–Trinajstić information content (AvgIpc) is 1.56. The molecule has 0 aromatic carbocycles. The highest BCUT2D eigenvalue weighted by molar-refractivity contribution is 7.86. The van der Waals surface area contributed by atoms with E-state index in [0.717, 1.165) is 0 Å². The van der Waals surface area contributed by atoms with Gasteiger partial charge in [-0.25, -0.2) is 4.79 Å². The molecule has 0 saturated carbocycles. The average molecular weight is 238 g/mol. The van der Waals surface area contributed by atoms with Crippen LogP contribution in [0.3, 0.4) is 0 Å². The number of alkyl halides is 3. The lowest BCUT2D eigenvalue weighted by molar-refractivity contribution is -0.148. The van der Waals surface area contributed by atoms with Crippen LogP contribution < -0.4 is 0 Å². The molecule has 0 aliphatic carbocycles. The Balaban J connectivity index is 4.11. The predicted molar refractivity (Wildman–Crippen MR) is 49.4 cm³/mol. The predicted octanol–water partition coefficient (Wildman–Crippen LogP) is 2.57. The van der Waals surface area contributed by atoms with Gasteiger partial charge >= 0.3 is 5.97 Å². The molecule has 0 fully saturated rings. The van der Waals surface area contributed by atoms with Crippen LogP contribution in [0.5, 0.6) is 0 Å². The number of halogens is 3. The number of carbonyl (C=O) groups excluding carboxylic acids is 1. The van der Waals surface area contributed by atoms with Crippen LogP contribution in [-0.2, 0) is 9.53 Å². The largest absolute Gasteiger partial charge is 0.441 e. The molecule has 11 heavy (non-hydrogen) atoms. The molecule has 0 saturated heterocycles. The SMILES string of the molecule is CC(C)(Cl)OC(=O)C(S)(Cl)Cl. The first-order valence-corrected chi connectivity index (χ1v) is 4.23. The number of thiol groups is 1. The van der Waals surface area contributed by atoms with Crippen LogP contribution in [0.15, 0.2) is 0 Å². The van der Waals surface area contributed by atoms with E-state index in [1.54, 1.807) is 0 Å². The Bertz CT molecular complexity index is 158. The zero-order valence-electron chi connectivity index (χ0n) is 5.90. The van der Waals surface area contributed by atoms with Crippen LogP contribution in [0.4, 0.5) is 0 Å². The van der Waals surface area contributed by atoms with Gasteiger partial charge in [-0.05, 0) is 13.8 Å². The fraction of sp³-hybridized carbons (Fsp3) is 0.800. The maximum Gasteiger partial charge on any atom is 0.354 e. The monoisotopic (exact) mass is 236 g/mol. The topological polar surface area (TPSA) is 26.3 Å². The summed E-state index contributed by atoms with van der Waals surface area (Å²) in [6, 6.07) is 0. The molecule has 0 aliphatic heterocycles. The second-order valence-corrected chi connectivity index (χ2v) is 5.73. The lowest BCUT2D eigenvalue weighted by Gasteiger charge is -2.20. The van der Waals surface area contributed by atoms with Gasteiger partial charge in [0.1, 0.15) is 0 Å². The van der Waals surface area contributed by atoms with E-state index >= 15 is 0 Å². The second kappa shape index (κ2) is 3.60. The Morgan fingerprint density at radius 3 is 1.82 bits per heavy atom. The van der Waals surface area contributed by atoms with E-state index in [2.05, 4.69) is 17.4 Å². The maximum atomic E-state index is 10.8. The first kappa shape index (κ1) is 11.7. The van der Waals surface area contributed by atoms with Crippen LogP contribution >= 0.6 is 47.4 Å². The highest BCUT2D eigenvalue weighted by Gasteiger charge is 2.34. The van der Waals surface area contributed by atoms with Crippen LogP contribution in [0, 0.1) is 0 Å². The number of ether oxygens (including phenoxy) is 1. The molecule has 0 amide bonds. The van der Waals surface area contributed by atoms with Crippen molar-refractivity contribution in [1.29, 1.82) is 0 Å². The molecule has 0 rings (SSSR count). The van der Waals surface area contributed by atoms with Crippen molar-refractivity contribution in [2.75, 3.05) is 0 Å². The fourth-order valence-corrected chi connectivity index (χ4v) is 0.475. The van der Waals surface area contributed by atoms with E-state index in [9.17, 15) is 4.79 Å². The quantitative estimate of drug-likeness (QED) is 0.454. The Labute approximate surface area is 85.5 Å². The molecule has 0 aliphatic rings. The first-order valence-electron chi connectivity index (χ1n) is 2.65. The number of rotatable bonds is 2. The first-order chi connectivity index (χ1) is 4.63. The van der Waals surface area contributed by atoms with Gasteiger partial charge in [-0.3, -0.25) is 0 Å². The summed E-state index contributed by atoms with van der Waals surface area (Å²) in [7, 11) is 0. The summed E-state index contributed by atoms with van der Waals surface area (Å²) in [5.74, 6) is -0.885. The van der Waals surface area contributed by atoms with Gasteiger partial charge in [0, 0.05) is 0 Å². The second-order valence-electron chi connectivity index (χ2n) is 2.29. The van der Waals surface area contributed by atoms with Gasteiger partial charge in [0.05, 0.1) is 0 Å². The zero-order chi connectivity index (χ0) is 9.28. The summed E-state index contributed by atoms with van der Waals surface area (Å²) in [5.41, 5.74) is 0. The Kier molecular flexibility index (Phi) is 3.83. The van der Waals surface area contributed by atoms with E-state index in [1.165, 1.54) is 13.8 Å². The van der Waals surface area contributed by atoms with Gasteiger partial charge < -0.3 is 4.74 Å². The molecule has 66 valence electrons. The van der Waals surface area contributed by atoms with Crippen molar-refractivity contribution < 1.29 is 9.53 Å². The minimum atomic E-state index is -1.84. The van der Waals surface area contributed by atoms with Crippen molar-refractivity contribution in [1.82, 2.24) is 0 Å². The summed E-state index contributed by atoms with van der Waals surface area (Å²) in [4.78, 5) is 10.8. The third-order valence-corrected chi connectivity index (χ3v) is 1.15. The van der Waals surface area contributed by atoms with E-state index in [1.807, 2.05) is 0 Å². The van der Waals surface area contributed by atoms with Crippen LogP contribution in [0.25, 0.3) is 0 Å². The Hall–Kier alpha value is 0.690. The molecular formula is C5H7Cl3O2S.